The van der Waals surface area contributed by atoms with Crippen LogP contribution in [0.4, 0.5) is 10.8 Å². The minimum absolute atomic E-state index is 0.136. The Labute approximate surface area is 185 Å². The third-order valence-electron chi connectivity index (χ3n) is 5.11. The highest BCUT2D eigenvalue weighted by molar-refractivity contribution is 7.91. The second kappa shape index (κ2) is 9.13. The fraction of sp³-hybridized carbons (Fsp3) is 0.286. The fourth-order valence-electron chi connectivity index (χ4n) is 3.62. The van der Waals surface area contributed by atoms with Gasteiger partial charge < -0.3 is 4.90 Å². The Morgan fingerprint density at radius 1 is 1.13 bits per heavy atom. The van der Waals surface area contributed by atoms with Gasteiger partial charge in [-0.25, -0.2) is 13.1 Å². The molecule has 4 rings (SSSR count). The van der Waals surface area contributed by atoms with Crippen LogP contribution in [-0.4, -0.2) is 43.7 Å². The molecule has 0 bridgehead atoms. The summed E-state index contributed by atoms with van der Waals surface area (Å²) >= 11 is 0.822. The Hall–Kier alpha value is -2.82. The number of fused-ring (bicyclic) bond motifs is 1. The molecule has 0 saturated heterocycles. The highest BCUT2D eigenvalue weighted by Crippen LogP contribution is 2.31. The summed E-state index contributed by atoms with van der Waals surface area (Å²) in [5, 5.41) is 10.2. The third kappa shape index (κ3) is 4.92. The Morgan fingerprint density at radius 2 is 1.87 bits per heavy atom. The molecule has 1 aliphatic heterocycles. The Balaban J connectivity index is 1.30. The number of rotatable bonds is 8. The Bertz CT molecular complexity index is 1160. The van der Waals surface area contributed by atoms with Gasteiger partial charge in [0.1, 0.15) is 0 Å². The van der Waals surface area contributed by atoms with Gasteiger partial charge in [-0.2, -0.15) is 0 Å². The largest absolute Gasteiger partial charge is 0.368 e. The van der Waals surface area contributed by atoms with Crippen molar-refractivity contribution in [2.24, 2.45) is 0 Å². The SMILES string of the molecule is CC1Cc2ccccc2N1CCCNS(=O)(=O)c1nnc(NC(=O)c2ccccc2)s1. The van der Waals surface area contributed by atoms with Crippen molar-refractivity contribution in [2.75, 3.05) is 23.3 Å². The van der Waals surface area contributed by atoms with Crippen LogP contribution in [-0.2, 0) is 16.4 Å². The molecule has 1 aliphatic rings. The van der Waals surface area contributed by atoms with E-state index < -0.39 is 10.0 Å². The van der Waals surface area contributed by atoms with Crippen LogP contribution >= 0.6 is 11.3 Å². The van der Waals surface area contributed by atoms with Crippen molar-refractivity contribution >= 4 is 38.1 Å². The summed E-state index contributed by atoms with van der Waals surface area (Å²) < 4.78 is 27.5. The van der Waals surface area contributed by atoms with Gasteiger partial charge in [0.15, 0.2) is 0 Å². The van der Waals surface area contributed by atoms with E-state index in [9.17, 15) is 13.2 Å². The van der Waals surface area contributed by atoms with Crippen LogP contribution in [0.3, 0.4) is 0 Å². The van der Waals surface area contributed by atoms with Crippen molar-refractivity contribution in [3.05, 3.63) is 65.7 Å². The number of nitrogens with one attached hydrogen (secondary N) is 2. The molecule has 8 nitrogen and oxygen atoms in total. The van der Waals surface area contributed by atoms with Crippen LogP contribution in [0, 0.1) is 0 Å². The molecule has 31 heavy (non-hydrogen) atoms. The van der Waals surface area contributed by atoms with Crippen LogP contribution in [0.2, 0.25) is 0 Å². The number of carbonyl (C=O) groups is 1. The number of anilines is 2. The number of aromatic nitrogens is 2. The monoisotopic (exact) mass is 457 g/mol. The molecule has 3 aromatic rings. The molecular weight excluding hydrogens is 434 g/mol. The van der Waals surface area contributed by atoms with E-state index in [0.29, 0.717) is 24.6 Å². The number of para-hydroxylation sites is 1. The molecule has 1 atom stereocenters. The lowest BCUT2D eigenvalue weighted by Crippen LogP contribution is -2.33. The summed E-state index contributed by atoms with van der Waals surface area (Å²) in [6.45, 7) is 3.23. The van der Waals surface area contributed by atoms with Gasteiger partial charge in [-0.15, -0.1) is 10.2 Å². The van der Waals surface area contributed by atoms with E-state index in [4.69, 9.17) is 0 Å². The minimum atomic E-state index is -3.78. The van der Waals surface area contributed by atoms with Crippen molar-refractivity contribution in [3.8, 4) is 0 Å². The maximum atomic E-state index is 12.5. The number of carbonyl (C=O) groups excluding carboxylic acids is 1. The molecule has 2 N–H and O–H groups in total. The topological polar surface area (TPSA) is 104 Å². The minimum Gasteiger partial charge on any atom is -0.368 e. The third-order valence-corrected chi connectivity index (χ3v) is 7.78. The molecule has 2 aromatic carbocycles. The molecule has 1 unspecified atom stereocenters. The van der Waals surface area contributed by atoms with Crippen molar-refractivity contribution in [2.45, 2.75) is 30.1 Å². The van der Waals surface area contributed by atoms with Gasteiger partial charge in [0, 0.05) is 30.4 Å². The molecule has 2 heterocycles. The molecule has 1 amide bonds. The zero-order valence-electron chi connectivity index (χ0n) is 17.0. The number of benzene rings is 2. The fourth-order valence-corrected chi connectivity index (χ4v) is 5.63. The summed E-state index contributed by atoms with van der Waals surface area (Å²) in [6.07, 6.45) is 1.67. The number of nitrogens with zero attached hydrogens (tertiary/aromatic N) is 3. The van der Waals surface area contributed by atoms with Gasteiger partial charge in [-0.1, -0.05) is 47.7 Å². The summed E-state index contributed by atoms with van der Waals surface area (Å²) in [4.78, 5) is 14.5. The van der Waals surface area contributed by atoms with Crippen molar-refractivity contribution < 1.29 is 13.2 Å². The van der Waals surface area contributed by atoms with E-state index in [1.54, 1.807) is 30.3 Å². The maximum absolute atomic E-state index is 12.5. The first-order valence-electron chi connectivity index (χ1n) is 9.98. The number of hydrogen-bond donors (Lipinski definition) is 2. The highest BCUT2D eigenvalue weighted by atomic mass is 32.2. The first-order chi connectivity index (χ1) is 14.9. The average Bonchev–Trinajstić information content (AvgIpc) is 3.36. The van der Waals surface area contributed by atoms with E-state index in [1.165, 1.54) is 11.3 Å². The second-order valence-corrected chi connectivity index (χ2v) is 10.2. The lowest BCUT2D eigenvalue weighted by atomic mass is 10.1. The van der Waals surface area contributed by atoms with Gasteiger partial charge in [-0.3, -0.25) is 10.1 Å². The van der Waals surface area contributed by atoms with Crippen molar-refractivity contribution in [1.82, 2.24) is 14.9 Å². The molecule has 0 radical (unpaired) electrons. The van der Waals surface area contributed by atoms with Crippen LogP contribution in [0.1, 0.15) is 29.3 Å². The molecule has 162 valence electrons. The van der Waals surface area contributed by atoms with Gasteiger partial charge in [0.25, 0.3) is 15.9 Å². The molecule has 1 aromatic heterocycles. The van der Waals surface area contributed by atoms with Crippen LogP contribution < -0.4 is 14.9 Å². The van der Waals surface area contributed by atoms with E-state index >= 15 is 0 Å². The normalized spacial score (nSPS) is 15.6. The van der Waals surface area contributed by atoms with E-state index in [1.807, 2.05) is 12.1 Å². The Morgan fingerprint density at radius 3 is 2.68 bits per heavy atom. The molecule has 0 aliphatic carbocycles. The summed E-state index contributed by atoms with van der Waals surface area (Å²) in [5.41, 5.74) is 3.01. The van der Waals surface area contributed by atoms with Crippen LogP contribution in [0.5, 0.6) is 0 Å². The van der Waals surface area contributed by atoms with Crippen molar-refractivity contribution in [3.63, 3.8) is 0 Å². The van der Waals surface area contributed by atoms with Gasteiger partial charge in [-0.05, 0) is 43.5 Å². The lowest BCUT2D eigenvalue weighted by Gasteiger charge is -2.24. The Kier molecular flexibility index (Phi) is 6.30. The van der Waals surface area contributed by atoms with Gasteiger partial charge in [0.05, 0.1) is 0 Å². The van der Waals surface area contributed by atoms with E-state index in [0.717, 1.165) is 24.3 Å². The van der Waals surface area contributed by atoms with E-state index in [-0.39, 0.29) is 15.4 Å². The zero-order chi connectivity index (χ0) is 21.8. The molecule has 0 saturated carbocycles. The predicted molar refractivity (Wildman–Crippen MR) is 121 cm³/mol. The second-order valence-electron chi connectivity index (χ2n) is 7.32. The first-order valence-corrected chi connectivity index (χ1v) is 12.3. The van der Waals surface area contributed by atoms with Crippen molar-refractivity contribution in [1.29, 1.82) is 0 Å². The van der Waals surface area contributed by atoms with Crippen LogP contribution in [0.15, 0.2) is 58.9 Å². The summed E-state index contributed by atoms with van der Waals surface area (Å²) in [7, 11) is -3.78. The first kappa shape index (κ1) is 21.4. The standard InChI is InChI=1S/C21H23N5O3S2/c1-15-14-17-10-5-6-11-18(17)26(15)13-7-12-22-31(28,29)21-25-24-20(30-21)23-19(27)16-8-3-2-4-9-16/h2-6,8-11,15,22H,7,12-14H2,1H3,(H,23,24,27). The quantitative estimate of drug-likeness (QED) is 0.398. The molecule has 10 heteroatoms. The smallest absolute Gasteiger partial charge is 0.269 e. The maximum Gasteiger partial charge on any atom is 0.269 e. The number of amides is 1. The van der Waals surface area contributed by atoms with Gasteiger partial charge in [0.2, 0.25) is 9.47 Å². The lowest BCUT2D eigenvalue weighted by molar-refractivity contribution is 0.102. The summed E-state index contributed by atoms with van der Waals surface area (Å²) in [6, 6.07) is 17.3. The number of hydrogen-bond acceptors (Lipinski definition) is 7. The molecule has 0 spiro atoms. The van der Waals surface area contributed by atoms with Gasteiger partial charge >= 0.3 is 0 Å². The molecule has 0 fully saturated rings. The predicted octanol–water partition coefficient (Wildman–Crippen LogP) is 2.91. The highest BCUT2D eigenvalue weighted by Gasteiger charge is 2.25. The van der Waals surface area contributed by atoms with E-state index in [2.05, 4.69) is 44.2 Å². The average molecular weight is 458 g/mol. The summed E-state index contributed by atoms with van der Waals surface area (Å²) in [5.74, 6) is -0.367. The number of sulfonamides is 1. The molecular formula is C21H23N5O3S2. The zero-order valence-corrected chi connectivity index (χ0v) is 18.6. The van der Waals surface area contributed by atoms with Crippen LogP contribution in [0.25, 0.3) is 0 Å².